The van der Waals surface area contributed by atoms with Gasteiger partial charge in [-0.2, -0.15) is 0 Å². The number of fused-ring (bicyclic) bond motifs is 2. The predicted molar refractivity (Wildman–Crippen MR) is 89.9 cm³/mol. The van der Waals surface area contributed by atoms with Gasteiger partial charge in [-0.15, -0.1) is 0 Å². The Balaban J connectivity index is 2.03. The van der Waals surface area contributed by atoms with E-state index in [0.717, 1.165) is 16.5 Å². The minimum absolute atomic E-state index is 0.0197. The summed E-state index contributed by atoms with van der Waals surface area (Å²) >= 11 is 0. The Kier molecular flexibility index (Phi) is 2.79. The number of aromatic nitrogens is 2. The van der Waals surface area contributed by atoms with Crippen LogP contribution in [0.2, 0.25) is 0 Å². The summed E-state index contributed by atoms with van der Waals surface area (Å²) in [6, 6.07) is 21.8. The topological polar surface area (TPSA) is 34.9 Å². The normalized spacial score (nSPS) is 11.1. The first kappa shape index (κ1) is 12.8. The van der Waals surface area contributed by atoms with Gasteiger partial charge in [-0.3, -0.25) is 9.36 Å². The number of hydrogen-bond donors (Lipinski definition) is 0. The fourth-order valence-corrected chi connectivity index (χ4v) is 2.80. The van der Waals surface area contributed by atoms with E-state index < -0.39 is 0 Å². The lowest BCUT2D eigenvalue weighted by atomic mass is 10.1. The van der Waals surface area contributed by atoms with Gasteiger partial charge in [0.15, 0.2) is 0 Å². The van der Waals surface area contributed by atoms with Gasteiger partial charge in [0.1, 0.15) is 5.82 Å². The zero-order chi connectivity index (χ0) is 15.1. The quantitative estimate of drug-likeness (QED) is 0.534. The highest BCUT2D eigenvalue weighted by molar-refractivity contribution is 5.87. The molecule has 0 aliphatic heterocycles. The second-order valence-corrected chi connectivity index (χ2v) is 5.38. The summed E-state index contributed by atoms with van der Waals surface area (Å²) in [6.45, 7) is 0. The third-order valence-electron chi connectivity index (χ3n) is 3.99. The Morgan fingerprint density at radius 1 is 0.864 bits per heavy atom. The van der Waals surface area contributed by atoms with Crippen LogP contribution in [0.5, 0.6) is 0 Å². The van der Waals surface area contributed by atoms with Crippen molar-refractivity contribution in [3.8, 4) is 11.4 Å². The Hall–Kier alpha value is -2.94. The van der Waals surface area contributed by atoms with Gasteiger partial charge in [0.2, 0.25) is 0 Å². The predicted octanol–water partition coefficient (Wildman–Crippen LogP) is 3.75. The fourth-order valence-electron chi connectivity index (χ4n) is 2.80. The van der Waals surface area contributed by atoms with Gasteiger partial charge in [-0.25, -0.2) is 4.98 Å². The summed E-state index contributed by atoms with van der Waals surface area (Å²) in [6.07, 6.45) is 0. The molecule has 1 heterocycles. The highest BCUT2D eigenvalue weighted by atomic mass is 16.1. The molecule has 0 N–H and O–H groups in total. The Bertz CT molecular complexity index is 1060. The minimum Gasteiger partial charge on any atom is -0.295 e. The lowest BCUT2D eigenvalue weighted by molar-refractivity contribution is 0.856. The maximum absolute atomic E-state index is 12.5. The number of benzene rings is 3. The van der Waals surface area contributed by atoms with Crippen molar-refractivity contribution in [3.63, 3.8) is 0 Å². The SMILES string of the molecule is Cn1c(-c2ccc3ccccc3c2)nc2ccccc2c1=O. The maximum Gasteiger partial charge on any atom is 0.261 e. The monoisotopic (exact) mass is 286 g/mol. The molecule has 1 aromatic heterocycles. The van der Waals surface area contributed by atoms with Crippen molar-refractivity contribution in [2.24, 2.45) is 7.05 Å². The molecule has 3 heteroatoms. The summed E-state index contributed by atoms with van der Waals surface area (Å²) in [5.74, 6) is 0.689. The smallest absolute Gasteiger partial charge is 0.261 e. The van der Waals surface area contributed by atoms with Crippen molar-refractivity contribution >= 4 is 21.7 Å². The molecule has 0 saturated carbocycles. The van der Waals surface area contributed by atoms with Gasteiger partial charge in [0.05, 0.1) is 10.9 Å². The van der Waals surface area contributed by atoms with Crippen molar-refractivity contribution in [3.05, 3.63) is 77.1 Å². The second-order valence-electron chi connectivity index (χ2n) is 5.38. The van der Waals surface area contributed by atoms with Crippen molar-refractivity contribution in [1.29, 1.82) is 0 Å². The second kappa shape index (κ2) is 4.81. The summed E-state index contributed by atoms with van der Waals surface area (Å²) in [7, 11) is 1.77. The van der Waals surface area contributed by atoms with Gasteiger partial charge in [-0.05, 0) is 29.0 Å². The molecule has 0 radical (unpaired) electrons. The van der Waals surface area contributed by atoms with E-state index in [4.69, 9.17) is 0 Å². The molecule has 0 spiro atoms. The van der Waals surface area contributed by atoms with Crippen LogP contribution in [0.1, 0.15) is 0 Å². The average Bonchev–Trinajstić information content (AvgIpc) is 2.58. The fraction of sp³-hybridized carbons (Fsp3) is 0.0526. The molecule has 3 nitrogen and oxygen atoms in total. The van der Waals surface area contributed by atoms with Crippen LogP contribution in [0.4, 0.5) is 0 Å². The molecule has 4 rings (SSSR count). The van der Waals surface area contributed by atoms with Crippen LogP contribution in [0.25, 0.3) is 33.1 Å². The van der Waals surface area contributed by atoms with Crippen LogP contribution >= 0.6 is 0 Å². The first-order valence-corrected chi connectivity index (χ1v) is 7.19. The molecule has 3 aromatic carbocycles. The standard InChI is InChI=1S/C19H14N2O/c1-21-18(20-17-9-5-4-8-16(17)19(21)22)15-11-10-13-6-2-3-7-14(13)12-15/h2-12H,1H3. The van der Waals surface area contributed by atoms with Crippen LogP contribution in [0, 0.1) is 0 Å². The van der Waals surface area contributed by atoms with Crippen molar-refractivity contribution in [1.82, 2.24) is 9.55 Å². The summed E-state index contributed by atoms with van der Waals surface area (Å²) in [5, 5.41) is 2.97. The molecule has 0 bridgehead atoms. The molecule has 0 aliphatic carbocycles. The molecule has 0 atom stereocenters. The zero-order valence-corrected chi connectivity index (χ0v) is 12.2. The van der Waals surface area contributed by atoms with E-state index in [0.29, 0.717) is 11.2 Å². The van der Waals surface area contributed by atoms with E-state index in [-0.39, 0.29) is 5.56 Å². The largest absolute Gasteiger partial charge is 0.295 e. The summed E-state index contributed by atoms with van der Waals surface area (Å²) < 4.78 is 1.62. The zero-order valence-electron chi connectivity index (χ0n) is 12.2. The Morgan fingerprint density at radius 3 is 2.45 bits per heavy atom. The van der Waals surface area contributed by atoms with E-state index in [9.17, 15) is 4.79 Å². The van der Waals surface area contributed by atoms with Crippen molar-refractivity contribution < 1.29 is 0 Å². The van der Waals surface area contributed by atoms with Gasteiger partial charge in [-0.1, -0.05) is 48.5 Å². The van der Waals surface area contributed by atoms with Gasteiger partial charge < -0.3 is 0 Å². The van der Waals surface area contributed by atoms with E-state index in [1.165, 1.54) is 5.39 Å². The average molecular weight is 286 g/mol. The maximum atomic E-state index is 12.5. The van der Waals surface area contributed by atoms with Crippen molar-refractivity contribution in [2.45, 2.75) is 0 Å². The third kappa shape index (κ3) is 1.91. The van der Waals surface area contributed by atoms with Crippen LogP contribution < -0.4 is 5.56 Å². The molecule has 106 valence electrons. The minimum atomic E-state index is -0.0197. The first-order valence-electron chi connectivity index (χ1n) is 7.19. The van der Waals surface area contributed by atoms with Gasteiger partial charge in [0.25, 0.3) is 5.56 Å². The van der Waals surface area contributed by atoms with Crippen LogP contribution in [-0.2, 0) is 7.05 Å². The van der Waals surface area contributed by atoms with E-state index in [2.05, 4.69) is 29.2 Å². The molecule has 0 saturated heterocycles. The number of nitrogens with zero attached hydrogens (tertiary/aromatic N) is 2. The number of hydrogen-bond acceptors (Lipinski definition) is 2. The first-order chi connectivity index (χ1) is 10.7. The Morgan fingerprint density at radius 2 is 1.59 bits per heavy atom. The van der Waals surface area contributed by atoms with Crippen LogP contribution in [-0.4, -0.2) is 9.55 Å². The molecule has 0 unspecified atom stereocenters. The highest BCUT2D eigenvalue weighted by Gasteiger charge is 2.10. The molecule has 0 fully saturated rings. The highest BCUT2D eigenvalue weighted by Crippen LogP contribution is 2.23. The lowest BCUT2D eigenvalue weighted by Gasteiger charge is -2.10. The summed E-state index contributed by atoms with van der Waals surface area (Å²) in [4.78, 5) is 17.2. The molecule has 0 amide bonds. The lowest BCUT2D eigenvalue weighted by Crippen LogP contribution is -2.20. The number of para-hydroxylation sites is 1. The molecule has 22 heavy (non-hydrogen) atoms. The van der Waals surface area contributed by atoms with E-state index in [1.54, 1.807) is 11.6 Å². The van der Waals surface area contributed by atoms with E-state index >= 15 is 0 Å². The van der Waals surface area contributed by atoms with Crippen LogP contribution in [0.15, 0.2) is 71.5 Å². The van der Waals surface area contributed by atoms with E-state index in [1.807, 2.05) is 42.5 Å². The Labute approximate surface area is 127 Å². The third-order valence-corrected chi connectivity index (χ3v) is 3.99. The van der Waals surface area contributed by atoms with Gasteiger partial charge >= 0.3 is 0 Å². The molecular weight excluding hydrogens is 272 g/mol. The number of rotatable bonds is 1. The molecule has 0 aliphatic rings. The van der Waals surface area contributed by atoms with Crippen LogP contribution in [0.3, 0.4) is 0 Å². The molecule has 4 aromatic rings. The van der Waals surface area contributed by atoms with Gasteiger partial charge in [0, 0.05) is 12.6 Å². The molecular formula is C19H14N2O. The van der Waals surface area contributed by atoms with Crippen molar-refractivity contribution in [2.75, 3.05) is 0 Å². The summed E-state index contributed by atoms with van der Waals surface area (Å²) in [5.41, 5.74) is 1.66.